The van der Waals surface area contributed by atoms with Crippen molar-refractivity contribution >= 4 is 11.7 Å². The van der Waals surface area contributed by atoms with E-state index in [4.69, 9.17) is 0 Å². The summed E-state index contributed by atoms with van der Waals surface area (Å²) in [4.78, 5) is 20.9. The first-order valence-electron chi connectivity index (χ1n) is 8.60. The maximum absolute atomic E-state index is 12.3. The zero-order valence-electron chi connectivity index (χ0n) is 15.4. The standard InChI is InChI=1S/C18H23N7O/c1-13-4-5-14(11-19)17(21-13)24-8-9-25-15(12-24)10-16(22-25)18(26)20-6-7-23(2)3/h4-5,10H,6-9,12H2,1-3H3,(H,20,26). The van der Waals surface area contributed by atoms with Crippen LogP contribution in [0.4, 0.5) is 5.82 Å². The summed E-state index contributed by atoms with van der Waals surface area (Å²) in [7, 11) is 3.93. The maximum atomic E-state index is 12.3. The van der Waals surface area contributed by atoms with Crippen LogP contribution in [0.1, 0.15) is 27.4 Å². The van der Waals surface area contributed by atoms with Crippen molar-refractivity contribution in [3.8, 4) is 6.07 Å². The van der Waals surface area contributed by atoms with E-state index >= 15 is 0 Å². The molecule has 0 atom stereocenters. The normalized spacial score (nSPS) is 13.4. The van der Waals surface area contributed by atoms with Gasteiger partial charge in [0.2, 0.25) is 0 Å². The van der Waals surface area contributed by atoms with Gasteiger partial charge in [0.25, 0.3) is 5.91 Å². The molecule has 3 rings (SSSR count). The quantitative estimate of drug-likeness (QED) is 0.854. The second kappa shape index (κ2) is 7.54. The Morgan fingerprint density at radius 3 is 2.92 bits per heavy atom. The van der Waals surface area contributed by atoms with Gasteiger partial charge >= 0.3 is 0 Å². The Morgan fingerprint density at radius 2 is 2.19 bits per heavy atom. The fourth-order valence-electron chi connectivity index (χ4n) is 2.91. The number of likely N-dealkylation sites (N-methyl/N-ethyl adjacent to an activating group) is 1. The molecule has 0 aliphatic carbocycles. The SMILES string of the molecule is Cc1ccc(C#N)c(N2CCn3nc(C(=O)NCCN(C)C)cc3C2)n1. The number of carbonyl (C=O) groups is 1. The van der Waals surface area contributed by atoms with Crippen molar-refractivity contribution in [2.24, 2.45) is 0 Å². The highest BCUT2D eigenvalue weighted by Crippen LogP contribution is 2.23. The average Bonchev–Trinajstić information content (AvgIpc) is 3.04. The number of hydrogen-bond acceptors (Lipinski definition) is 6. The van der Waals surface area contributed by atoms with Gasteiger partial charge in [-0.2, -0.15) is 10.4 Å². The third-order valence-corrected chi connectivity index (χ3v) is 4.31. The molecule has 0 radical (unpaired) electrons. The van der Waals surface area contributed by atoms with Gasteiger partial charge in [0.05, 0.1) is 24.3 Å². The molecule has 2 aromatic heterocycles. The number of nitrogens with one attached hydrogen (secondary N) is 1. The van der Waals surface area contributed by atoms with Crippen LogP contribution in [0.2, 0.25) is 0 Å². The van der Waals surface area contributed by atoms with Gasteiger partial charge in [-0.25, -0.2) is 4.98 Å². The molecule has 0 spiro atoms. The van der Waals surface area contributed by atoms with Crippen molar-refractivity contribution in [2.75, 3.05) is 38.6 Å². The number of amides is 1. The van der Waals surface area contributed by atoms with E-state index in [2.05, 4.69) is 26.4 Å². The minimum Gasteiger partial charge on any atom is -0.349 e. The van der Waals surface area contributed by atoms with E-state index in [1.54, 1.807) is 6.07 Å². The van der Waals surface area contributed by atoms with Crippen LogP contribution in [0.5, 0.6) is 0 Å². The second-order valence-corrected chi connectivity index (χ2v) is 6.66. The maximum Gasteiger partial charge on any atom is 0.271 e. The van der Waals surface area contributed by atoms with Gasteiger partial charge in [-0.15, -0.1) is 0 Å². The first kappa shape index (κ1) is 17.9. The van der Waals surface area contributed by atoms with Gasteiger partial charge in [-0.1, -0.05) is 0 Å². The molecule has 1 amide bonds. The second-order valence-electron chi connectivity index (χ2n) is 6.66. The summed E-state index contributed by atoms with van der Waals surface area (Å²) in [5.74, 6) is 0.531. The van der Waals surface area contributed by atoms with Gasteiger partial charge in [-0.3, -0.25) is 9.48 Å². The zero-order chi connectivity index (χ0) is 18.7. The molecule has 3 heterocycles. The summed E-state index contributed by atoms with van der Waals surface area (Å²) in [6, 6.07) is 7.66. The molecule has 0 saturated carbocycles. The number of aromatic nitrogens is 3. The topological polar surface area (TPSA) is 90.1 Å². The highest BCUT2D eigenvalue weighted by molar-refractivity contribution is 5.92. The van der Waals surface area contributed by atoms with Crippen molar-refractivity contribution in [3.05, 3.63) is 40.8 Å². The molecular weight excluding hydrogens is 330 g/mol. The molecule has 1 aliphatic heterocycles. The molecule has 0 aromatic carbocycles. The molecule has 0 fully saturated rings. The van der Waals surface area contributed by atoms with Crippen LogP contribution in [0.15, 0.2) is 18.2 Å². The summed E-state index contributed by atoms with van der Waals surface area (Å²) in [5.41, 5.74) is 2.81. The van der Waals surface area contributed by atoms with E-state index in [0.717, 1.165) is 17.9 Å². The van der Waals surface area contributed by atoms with Crippen LogP contribution in [-0.2, 0) is 13.1 Å². The van der Waals surface area contributed by atoms with Crippen molar-refractivity contribution in [3.63, 3.8) is 0 Å². The number of aryl methyl sites for hydroxylation is 1. The Labute approximate surface area is 153 Å². The molecule has 26 heavy (non-hydrogen) atoms. The molecule has 8 nitrogen and oxygen atoms in total. The van der Waals surface area contributed by atoms with E-state index < -0.39 is 0 Å². The Bertz CT molecular complexity index is 850. The molecule has 8 heteroatoms. The Kier molecular flexibility index (Phi) is 5.19. The number of pyridine rings is 1. The van der Waals surface area contributed by atoms with Crippen LogP contribution in [0.3, 0.4) is 0 Å². The highest BCUT2D eigenvalue weighted by Gasteiger charge is 2.23. The molecule has 0 unspecified atom stereocenters. The lowest BCUT2D eigenvalue weighted by Crippen LogP contribution is -2.35. The van der Waals surface area contributed by atoms with Crippen LogP contribution >= 0.6 is 0 Å². The Balaban J connectivity index is 1.74. The number of hydrogen-bond donors (Lipinski definition) is 1. The predicted molar refractivity (Wildman–Crippen MR) is 97.9 cm³/mol. The molecule has 136 valence electrons. The van der Waals surface area contributed by atoms with Crippen molar-refractivity contribution in [2.45, 2.75) is 20.0 Å². The Hall–Kier alpha value is -2.92. The summed E-state index contributed by atoms with van der Waals surface area (Å²) in [6.07, 6.45) is 0. The van der Waals surface area contributed by atoms with E-state index in [-0.39, 0.29) is 5.91 Å². The molecular formula is C18H23N7O. The fraction of sp³-hybridized carbons (Fsp3) is 0.444. The van der Waals surface area contributed by atoms with Crippen molar-refractivity contribution in [1.82, 2.24) is 25.0 Å². The number of carbonyl (C=O) groups excluding carboxylic acids is 1. The lowest BCUT2D eigenvalue weighted by molar-refractivity contribution is 0.0945. The fourth-order valence-corrected chi connectivity index (χ4v) is 2.91. The molecule has 2 aromatic rings. The summed E-state index contributed by atoms with van der Waals surface area (Å²) >= 11 is 0. The number of rotatable bonds is 5. The van der Waals surface area contributed by atoms with Crippen LogP contribution in [0.25, 0.3) is 0 Å². The van der Waals surface area contributed by atoms with Gasteiger partial charge in [0, 0.05) is 25.3 Å². The third kappa shape index (κ3) is 3.83. The molecule has 0 bridgehead atoms. The van der Waals surface area contributed by atoms with Crippen LogP contribution < -0.4 is 10.2 Å². The molecule has 0 saturated heterocycles. The summed E-state index contributed by atoms with van der Waals surface area (Å²) < 4.78 is 1.86. The van der Waals surface area contributed by atoms with E-state index in [0.29, 0.717) is 43.3 Å². The Morgan fingerprint density at radius 1 is 1.38 bits per heavy atom. The average molecular weight is 353 g/mol. The number of anilines is 1. The minimum atomic E-state index is -0.160. The van der Waals surface area contributed by atoms with Gasteiger partial charge in [0.1, 0.15) is 11.9 Å². The predicted octanol–water partition coefficient (Wildman–Crippen LogP) is 0.770. The first-order chi connectivity index (χ1) is 12.5. The van der Waals surface area contributed by atoms with Crippen LogP contribution in [-0.4, -0.2) is 59.3 Å². The highest BCUT2D eigenvalue weighted by atomic mass is 16.1. The van der Waals surface area contributed by atoms with Gasteiger partial charge < -0.3 is 15.1 Å². The lowest BCUT2D eigenvalue weighted by Gasteiger charge is -2.29. The monoisotopic (exact) mass is 353 g/mol. The summed E-state index contributed by atoms with van der Waals surface area (Å²) in [5, 5.41) is 16.6. The lowest BCUT2D eigenvalue weighted by atomic mass is 10.2. The molecule has 1 aliphatic rings. The van der Waals surface area contributed by atoms with E-state index in [1.807, 2.05) is 42.7 Å². The van der Waals surface area contributed by atoms with E-state index in [1.165, 1.54) is 0 Å². The van der Waals surface area contributed by atoms with E-state index in [9.17, 15) is 10.1 Å². The number of fused-ring (bicyclic) bond motifs is 1. The van der Waals surface area contributed by atoms with Gasteiger partial charge in [-0.05, 0) is 39.2 Å². The van der Waals surface area contributed by atoms with Gasteiger partial charge in [0.15, 0.2) is 5.69 Å². The summed E-state index contributed by atoms with van der Waals surface area (Å²) in [6.45, 7) is 5.20. The van der Waals surface area contributed by atoms with Crippen LogP contribution in [0, 0.1) is 18.3 Å². The smallest absolute Gasteiger partial charge is 0.271 e. The minimum absolute atomic E-state index is 0.160. The largest absolute Gasteiger partial charge is 0.349 e. The number of nitriles is 1. The third-order valence-electron chi connectivity index (χ3n) is 4.31. The van der Waals surface area contributed by atoms with Crippen molar-refractivity contribution < 1.29 is 4.79 Å². The number of nitrogens with zero attached hydrogens (tertiary/aromatic N) is 6. The zero-order valence-corrected chi connectivity index (χ0v) is 15.4. The molecule has 1 N–H and O–H groups in total. The first-order valence-corrected chi connectivity index (χ1v) is 8.60. The van der Waals surface area contributed by atoms with Crippen molar-refractivity contribution in [1.29, 1.82) is 5.26 Å².